The van der Waals surface area contributed by atoms with E-state index >= 15 is 0 Å². The first-order valence-electron chi connectivity index (χ1n) is 10.8. The molecule has 7 nitrogen and oxygen atoms in total. The molecule has 33 heavy (non-hydrogen) atoms. The van der Waals surface area contributed by atoms with Gasteiger partial charge in [0.1, 0.15) is 0 Å². The lowest BCUT2D eigenvalue weighted by Gasteiger charge is -2.25. The van der Waals surface area contributed by atoms with E-state index in [0.717, 1.165) is 28.3 Å². The van der Waals surface area contributed by atoms with Gasteiger partial charge in [0.25, 0.3) is 5.91 Å². The molecule has 0 spiro atoms. The molecule has 2 aromatic carbocycles. The molecule has 1 heterocycles. The Bertz CT molecular complexity index is 1380. The Hall–Kier alpha value is -3.15. The molecule has 0 bridgehead atoms. The van der Waals surface area contributed by atoms with Gasteiger partial charge in [0.15, 0.2) is 14.6 Å². The van der Waals surface area contributed by atoms with Crippen LogP contribution in [0.3, 0.4) is 0 Å². The summed E-state index contributed by atoms with van der Waals surface area (Å²) in [5, 5.41) is 14.2. The van der Waals surface area contributed by atoms with E-state index < -0.39 is 20.5 Å². The number of sulfone groups is 1. The first-order chi connectivity index (χ1) is 15.6. The molecule has 0 radical (unpaired) electrons. The van der Waals surface area contributed by atoms with Crippen molar-refractivity contribution in [2.24, 2.45) is 0 Å². The van der Waals surface area contributed by atoms with Crippen molar-refractivity contribution < 1.29 is 18.4 Å². The van der Waals surface area contributed by atoms with E-state index in [9.17, 15) is 13.2 Å². The molecule has 1 amide bonds. The molecule has 8 heteroatoms. The van der Waals surface area contributed by atoms with Gasteiger partial charge < -0.3 is 0 Å². The van der Waals surface area contributed by atoms with Crippen LogP contribution < -0.4 is 5.48 Å². The van der Waals surface area contributed by atoms with Gasteiger partial charge in [-0.05, 0) is 67.5 Å². The van der Waals surface area contributed by atoms with E-state index in [1.165, 1.54) is 30.8 Å². The van der Waals surface area contributed by atoms with E-state index in [0.29, 0.717) is 5.41 Å². The lowest BCUT2D eigenvalue weighted by molar-refractivity contribution is -0.131. The van der Waals surface area contributed by atoms with Gasteiger partial charge in [-0.2, -0.15) is 5.10 Å². The largest absolute Gasteiger partial charge is 0.289 e. The third-order valence-corrected chi connectivity index (χ3v) is 8.80. The molecule has 1 aromatic heterocycles. The van der Waals surface area contributed by atoms with E-state index in [-0.39, 0.29) is 13.0 Å². The minimum atomic E-state index is -3.76. The molecule has 3 aromatic rings. The number of aromatic nitrogens is 2. The molecule has 0 saturated heterocycles. The molecule has 1 atom stereocenters. The van der Waals surface area contributed by atoms with Crippen LogP contribution in [0.2, 0.25) is 0 Å². The van der Waals surface area contributed by atoms with Crippen molar-refractivity contribution in [1.82, 2.24) is 15.3 Å². The molecule has 1 aliphatic rings. The zero-order chi connectivity index (χ0) is 23.9. The van der Waals surface area contributed by atoms with Crippen molar-refractivity contribution >= 4 is 26.6 Å². The van der Waals surface area contributed by atoms with Crippen LogP contribution in [0.1, 0.15) is 49.8 Å². The fourth-order valence-electron chi connectivity index (χ4n) is 3.82. The number of benzene rings is 2. The Kier molecular flexibility index (Phi) is 5.81. The number of fused-ring (bicyclic) bond motifs is 1. The van der Waals surface area contributed by atoms with E-state index in [4.69, 9.17) is 5.21 Å². The molecular formula is C25H27N3O4S. The summed E-state index contributed by atoms with van der Waals surface area (Å²) in [7, 11) is -3.76. The number of hydrogen-bond donors (Lipinski definition) is 2. The molecule has 1 saturated carbocycles. The highest BCUT2D eigenvalue weighted by Crippen LogP contribution is 2.47. The number of nitrogens with one attached hydrogen (secondary N) is 1. The summed E-state index contributed by atoms with van der Waals surface area (Å²) in [6.07, 6.45) is 5.12. The van der Waals surface area contributed by atoms with Crippen molar-refractivity contribution in [3.8, 4) is 11.8 Å². The number of nitrogens with zero attached hydrogens (tertiary/aromatic N) is 2. The maximum atomic E-state index is 12.2. The van der Waals surface area contributed by atoms with Crippen LogP contribution in [-0.2, 0) is 26.6 Å². The second-order valence-electron chi connectivity index (χ2n) is 9.22. The average molecular weight is 466 g/mol. The van der Waals surface area contributed by atoms with Crippen LogP contribution in [-0.4, -0.2) is 40.3 Å². The Morgan fingerprint density at radius 2 is 1.82 bits per heavy atom. The number of carbonyl (C=O) groups excluding carboxylic acids is 1. The second-order valence-corrected chi connectivity index (χ2v) is 11.7. The molecule has 172 valence electrons. The van der Waals surface area contributed by atoms with Crippen molar-refractivity contribution in [2.75, 3.05) is 6.26 Å². The maximum Gasteiger partial charge on any atom is 0.264 e. The van der Waals surface area contributed by atoms with Gasteiger partial charge in [-0.3, -0.25) is 14.7 Å². The summed E-state index contributed by atoms with van der Waals surface area (Å²) < 4.78 is 24.2. The Balaban J connectivity index is 1.51. The van der Waals surface area contributed by atoms with E-state index in [1.807, 2.05) is 18.2 Å². The van der Waals surface area contributed by atoms with Crippen LogP contribution in [0.5, 0.6) is 0 Å². The van der Waals surface area contributed by atoms with Gasteiger partial charge in [0, 0.05) is 29.3 Å². The molecular weight excluding hydrogens is 438 g/mol. The quantitative estimate of drug-likeness (QED) is 0.331. The highest BCUT2D eigenvalue weighted by atomic mass is 32.2. The Morgan fingerprint density at radius 3 is 2.42 bits per heavy atom. The van der Waals surface area contributed by atoms with Gasteiger partial charge in [-0.25, -0.2) is 13.9 Å². The van der Waals surface area contributed by atoms with Crippen molar-refractivity contribution in [3.63, 3.8) is 0 Å². The van der Waals surface area contributed by atoms with Gasteiger partial charge in [-0.15, -0.1) is 0 Å². The van der Waals surface area contributed by atoms with Gasteiger partial charge in [-0.1, -0.05) is 30.9 Å². The smallest absolute Gasteiger partial charge is 0.264 e. The summed E-state index contributed by atoms with van der Waals surface area (Å²) in [6, 6.07) is 14.1. The van der Waals surface area contributed by atoms with E-state index in [2.05, 4.69) is 48.1 Å². The predicted molar refractivity (Wildman–Crippen MR) is 127 cm³/mol. The predicted octanol–water partition coefficient (Wildman–Crippen LogP) is 3.19. The number of aryl methyl sites for hydroxylation is 1. The minimum Gasteiger partial charge on any atom is -0.289 e. The number of hydroxylamine groups is 1. The molecule has 1 aliphatic carbocycles. The SMILES string of the molecule is CC1(c2ccc(C#Cc3ccc4c(cnn4CC[C@](C)(C(=O)NO)S(C)(=O)=O)c3)cc2)CC1. The third-order valence-electron chi connectivity index (χ3n) is 6.78. The lowest BCUT2D eigenvalue weighted by Crippen LogP contribution is -2.49. The van der Waals surface area contributed by atoms with Crippen molar-refractivity contribution in [1.29, 1.82) is 0 Å². The zero-order valence-electron chi connectivity index (χ0n) is 18.9. The second kappa shape index (κ2) is 8.32. The summed E-state index contributed by atoms with van der Waals surface area (Å²) >= 11 is 0. The number of carbonyl (C=O) groups is 1. The standard InChI is InChI=1S/C25H27N3O4S/c1-24(12-13-24)21-9-6-18(7-10-21)4-5-19-8-11-22-20(16-19)17-26-28(22)15-14-25(2,23(29)27-30)33(3,31)32/h6-11,16-17,30H,12-15H2,1-3H3,(H,27,29)/t25-/m1/s1. The Morgan fingerprint density at radius 1 is 1.18 bits per heavy atom. The van der Waals surface area contributed by atoms with Gasteiger partial charge in [0.2, 0.25) is 0 Å². The van der Waals surface area contributed by atoms with E-state index in [1.54, 1.807) is 10.9 Å². The topological polar surface area (TPSA) is 101 Å². The summed E-state index contributed by atoms with van der Waals surface area (Å²) in [4.78, 5) is 12.0. The summed E-state index contributed by atoms with van der Waals surface area (Å²) in [6.45, 7) is 3.77. The number of hydrogen-bond acceptors (Lipinski definition) is 5. The lowest BCUT2D eigenvalue weighted by atomic mass is 9.97. The third kappa shape index (κ3) is 4.52. The monoisotopic (exact) mass is 465 g/mol. The zero-order valence-corrected chi connectivity index (χ0v) is 19.7. The molecule has 1 fully saturated rings. The molecule has 4 rings (SSSR count). The van der Waals surface area contributed by atoms with Crippen LogP contribution in [0.15, 0.2) is 48.7 Å². The molecule has 0 unspecified atom stereocenters. The minimum absolute atomic E-state index is 0.0361. The number of amides is 1. The number of rotatable bonds is 6. The molecule has 0 aliphatic heterocycles. The van der Waals surface area contributed by atoms with Crippen LogP contribution in [0, 0.1) is 11.8 Å². The van der Waals surface area contributed by atoms with Crippen LogP contribution >= 0.6 is 0 Å². The first kappa shape index (κ1) is 23.0. The maximum absolute atomic E-state index is 12.2. The molecule has 2 N–H and O–H groups in total. The van der Waals surface area contributed by atoms with Crippen molar-refractivity contribution in [2.45, 2.75) is 49.8 Å². The summed E-state index contributed by atoms with van der Waals surface area (Å²) in [5.41, 5.74) is 5.79. The highest BCUT2D eigenvalue weighted by molar-refractivity contribution is 7.92. The fraction of sp³-hybridized carbons (Fsp3) is 0.360. The fourth-order valence-corrected chi connectivity index (χ4v) is 4.67. The van der Waals surface area contributed by atoms with Crippen molar-refractivity contribution in [3.05, 3.63) is 65.4 Å². The first-order valence-corrected chi connectivity index (χ1v) is 12.7. The normalized spacial score (nSPS) is 16.5. The highest BCUT2D eigenvalue weighted by Gasteiger charge is 2.43. The van der Waals surface area contributed by atoms with Crippen LogP contribution in [0.4, 0.5) is 0 Å². The Labute approximate surface area is 193 Å². The van der Waals surface area contributed by atoms with Gasteiger partial charge in [0.05, 0.1) is 11.7 Å². The van der Waals surface area contributed by atoms with Crippen LogP contribution in [0.25, 0.3) is 10.9 Å². The summed E-state index contributed by atoms with van der Waals surface area (Å²) in [5.74, 6) is 5.43. The average Bonchev–Trinajstić information content (AvgIpc) is 3.42. The van der Waals surface area contributed by atoms with Gasteiger partial charge >= 0.3 is 0 Å².